The molecule has 2 saturated heterocycles. The van der Waals surface area contributed by atoms with Gasteiger partial charge in [-0.2, -0.15) is 0 Å². The molecule has 2 heterocycles. The number of rotatable bonds is 2. The summed E-state index contributed by atoms with van der Waals surface area (Å²) >= 11 is 0. The fourth-order valence-corrected chi connectivity index (χ4v) is 3.47. The molecule has 1 amide bonds. The Morgan fingerprint density at radius 3 is 2.84 bits per heavy atom. The van der Waals surface area contributed by atoms with Gasteiger partial charge in [0.2, 0.25) is 5.91 Å². The predicted octanol–water partition coefficient (Wildman–Crippen LogP) is 1.28. The summed E-state index contributed by atoms with van der Waals surface area (Å²) in [6, 6.07) is 8.13. The number of methoxy groups -OCH3 is 1. The van der Waals surface area contributed by atoms with Gasteiger partial charge in [0.05, 0.1) is 12.5 Å². The van der Waals surface area contributed by atoms with E-state index in [1.165, 1.54) is 5.56 Å². The van der Waals surface area contributed by atoms with Crippen LogP contribution in [-0.4, -0.2) is 32.7 Å². The lowest BCUT2D eigenvalue weighted by Crippen LogP contribution is -2.44. The molecule has 3 rings (SSSR count). The number of nitrogens with one attached hydrogen (secondary N) is 2. The lowest BCUT2D eigenvalue weighted by atomic mass is 9.68. The van der Waals surface area contributed by atoms with Crippen LogP contribution in [0.1, 0.15) is 24.3 Å². The topological polar surface area (TPSA) is 50.4 Å². The second kappa shape index (κ2) is 4.85. The summed E-state index contributed by atoms with van der Waals surface area (Å²) < 4.78 is 5.30. The molecule has 2 fully saturated rings. The second-order valence-electron chi connectivity index (χ2n) is 5.45. The maximum atomic E-state index is 12.3. The Morgan fingerprint density at radius 1 is 1.32 bits per heavy atom. The monoisotopic (exact) mass is 260 g/mol. The van der Waals surface area contributed by atoms with E-state index in [0.29, 0.717) is 0 Å². The van der Waals surface area contributed by atoms with Crippen molar-refractivity contribution >= 4 is 5.91 Å². The van der Waals surface area contributed by atoms with Crippen LogP contribution in [-0.2, 0) is 4.79 Å². The molecule has 4 nitrogen and oxygen atoms in total. The summed E-state index contributed by atoms with van der Waals surface area (Å²) in [5.41, 5.74) is 0.983. The fraction of sp³-hybridized carbons (Fsp3) is 0.533. The van der Waals surface area contributed by atoms with Crippen LogP contribution in [0.2, 0.25) is 0 Å². The van der Waals surface area contributed by atoms with E-state index in [9.17, 15) is 4.79 Å². The molecule has 1 spiro atoms. The Hall–Kier alpha value is -1.55. The molecule has 2 aliphatic heterocycles. The van der Waals surface area contributed by atoms with Crippen molar-refractivity contribution in [2.75, 3.05) is 26.7 Å². The Bertz CT molecular complexity index is 481. The first-order chi connectivity index (χ1) is 9.26. The van der Waals surface area contributed by atoms with Gasteiger partial charge in [-0.05, 0) is 43.6 Å². The average Bonchev–Trinajstić information content (AvgIpc) is 2.77. The molecule has 0 saturated carbocycles. The van der Waals surface area contributed by atoms with Gasteiger partial charge in [0.1, 0.15) is 5.75 Å². The highest BCUT2D eigenvalue weighted by molar-refractivity contribution is 5.86. The second-order valence-corrected chi connectivity index (χ2v) is 5.45. The van der Waals surface area contributed by atoms with Gasteiger partial charge in [0.15, 0.2) is 0 Å². The largest absolute Gasteiger partial charge is 0.497 e. The molecular formula is C15H20N2O2. The SMILES string of the molecule is COc1cccc(C2CNC(=O)C23CCNCC3)c1. The van der Waals surface area contributed by atoms with Crippen LogP contribution in [0.4, 0.5) is 0 Å². The van der Waals surface area contributed by atoms with Crippen LogP contribution in [0.25, 0.3) is 0 Å². The highest BCUT2D eigenvalue weighted by atomic mass is 16.5. The minimum Gasteiger partial charge on any atom is -0.497 e. The Labute approximate surface area is 113 Å². The molecule has 102 valence electrons. The molecule has 1 unspecified atom stereocenters. The third-order valence-corrected chi connectivity index (χ3v) is 4.58. The third kappa shape index (κ3) is 2.00. The van der Waals surface area contributed by atoms with E-state index < -0.39 is 0 Å². The van der Waals surface area contributed by atoms with E-state index in [0.717, 1.165) is 38.2 Å². The van der Waals surface area contributed by atoms with Crippen LogP contribution in [0.3, 0.4) is 0 Å². The number of carbonyl (C=O) groups is 1. The summed E-state index contributed by atoms with van der Waals surface area (Å²) in [6.45, 7) is 2.59. The van der Waals surface area contributed by atoms with Crippen LogP contribution >= 0.6 is 0 Å². The maximum Gasteiger partial charge on any atom is 0.227 e. The van der Waals surface area contributed by atoms with Gasteiger partial charge in [-0.25, -0.2) is 0 Å². The molecule has 0 radical (unpaired) electrons. The lowest BCUT2D eigenvalue weighted by molar-refractivity contribution is -0.129. The molecule has 19 heavy (non-hydrogen) atoms. The first-order valence-electron chi connectivity index (χ1n) is 6.89. The molecule has 0 aliphatic carbocycles. The number of hydrogen-bond donors (Lipinski definition) is 2. The van der Waals surface area contributed by atoms with Crippen LogP contribution in [0.15, 0.2) is 24.3 Å². The van der Waals surface area contributed by atoms with Gasteiger partial charge in [0.25, 0.3) is 0 Å². The van der Waals surface area contributed by atoms with E-state index in [-0.39, 0.29) is 17.2 Å². The van der Waals surface area contributed by atoms with Gasteiger partial charge in [0, 0.05) is 12.5 Å². The van der Waals surface area contributed by atoms with Gasteiger partial charge >= 0.3 is 0 Å². The van der Waals surface area contributed by atoms with E-state index in [2.05, 4.69) is 22.8 Å². The van der Waals surface area contributed by atoms with Crippen LogP contribution in [0.5, 0.6) is 5.75 Å². The highest BCUT2D eigenvalue weighted by Gasteiger charge is 2.50. The molecular weight excluding hydrogens is 240 g/mol. The zero-order valence-electron chi connectivity index (χ0n) is 11.2. The average molecular weight is 260 g/mol. The number of ether oxygens (including phenoxy) is 1. The highest BCUT2D eigenvalue weighted by Crippen LogP contribution is 2.46. The smallest absolute Gasteiger partial charge is 0.227 e. The fourth-order valence-electron chi connectivity index (χ4n) is 3.47. The molecule has 0 bridgehead atoms. The summed E-state index contributed by atoms with van der Waals surface area (Å²) in [7, 11) is 1.68. The first kappa shape index (κ1) is 12.5. The quantitative estimate of drug-likeness (QED) is 0.842. The molecule has 1 atom stereocenters. The summed E-state index contributed by atoms with van der Waals surface area (Å²) in [5, 5.41) is 6.40. The van der Waals surface area contributed by atoms with Crippen molar-refractivity contribution in [3.05, 3.63) is 29.8 Å². The maximum absolute atomic E-state index is 12.3. The molecule has 1 aromatic rings. The molecule has 2 aliphatic rings. The van der Waals surface area contributed by atoms with Crippen molar-refractivity contribution in [2.45, 2.75) is 18.8 Å². The summed E-state index contributed by atoms with van der Waals surface area (Å²) in [6.07, 6.45) is 1.83. The standard InChI is InChI=1S/C15H20N2O2/c1-19-12-4-2-3-11(9-12)13-10-17-14(18)15(13)5-7-16-8-6-15/h2-4,9,13,16H,5-8,10H2,1H3,(H,17,18). The van der Waals surface area contributed by atoms with Crippen LogP contribution < -0.4 is 15.4 Å². The summed E-state index contributed by atoms with van der Waals surface area (Å²) in [4.78, 5) is 12.3. The van der Waals surface area contributed by atoms with Crippen molar-refractivity contribution < 1.29 is 9.53 Å². The predicted molar refractivity (Wildman–Crippen MR) is 73.3 cm³/mol. The number of amides is 1. The van der Waals surface area contributed by atoms with Crippen molar-refractivity contribution in [1.29, 1.82) is 0 Å². The molecule has 4 heteroatoms. The van der Waals surface area contributed by atoms with E-state index in [1.54, 1.807) is 7.11 Å². The van der Waals surface area contributed by atoms with Crippen molar-refractivity contribution in [1.82, 2.24) is 10.6 Å². The number of piperidine rings is 1. The Kier molecular flexibility index (Phi) is 3.19. The molecule has 0 aromatic heterocycles. The van der Waals surface area contributed by atoms with Gasteiger partial charge in [-0.1, -0.05) is 12.1 Å². The van der Waals surface area contributed by atoms with Crippen molar-refractivity contribution in [3.63, 3.8) is 0 Å². The summed E-state index contributed by atoms with van der Waals surface area (Å²) in [5.74, 6) is 1.35. The number of carbonyl (C=O) groups excluding carboxylic acids is 1. The molecule has 1 aromatic carbocycles. The van der Waals surface area contributed by atoms with Crippen molar-refractivity contribution in [3.8, 4) is 5.75 Å². The zero-order chi connectivity index (χ0) is 13.3. The first-order valence-corrected chi connectivity index (χ1v) is 6.89. The Morgan fingerprint density at radius 2 is 2.11 bits per heavy atom. The van der Waals surface area contributed by atoms with Gasteiger partial charge < -0.3 is 15.4 Å². The normalized spacial score (nSPS) is 25.3. The van der Waals surface area contributed by atoms with E-state index in [4.69, 9.17) is 4.74 Å². The number of benzene rings is 1. The van der Waals surface area contributed by atoms with Crippen LogP contribution in [0, 0.1) is 5.41 Å². The minimum atomic E-state index is -0.225. The van der Waals surface area contributed by atoms with E-state index in [1.807, 2.05) is 12.1 Å². The van der Waals surface area contributed by atoms with Gasteiger partial charge in [-0.15, -0.1) is 0 Å². The third-order valence-electron chi connectivity index (χ3n) is 4.58. The lowest BCUT2D eigenvalue weighted by Gasteiger charge is -2.36. The minimum absolute atomic E-state index is 0.224. The number of hydrogen-bond acceptors (Lipinski definition) is 3. The van der Waals surface area contributed by atoms with E-state index >= 15 is 0 Å². The van der Waals surface area contributed by atoms with Crippen molar-refractivity contribution in [2.24, 2.45) is 5.41 Å². The molecule has 2 N–H and O–H groups in total. The Balaban J connectivity index is 1.96. The zero-order valence-corrected chi connectivity index (χ0v) is 11.2. The van der Waals surface area contributed by atoms with Gasteiger partial charge in [-0.3, -0.25) is 4.79 Å².